The van der Waals surface area contributed by atoms with Crippen molar-refractivity contribution in [2.24, 2.45) is 11.3 Å². The van der Waals surface area contributed by atoms with Crippen LogP contribution in [0.2, 0.25) is 0 Å². The van der Waals surface area contributed by atoms with Crippen molar-refractivity contribution in [2.75, 3.05) is 0 Å². The van der Waals surface area contributed by atoms with Gasteiger partial charge < -0.3 is 9.47 Å². The van der Waals surface area contributed by atoms with Gasteiger partial charge in [-0.15, -0.1) is 0 Å². The Morgan fingerprint density at radius 1 is 1.28 bits per heavy atom. The van der Waals surface area contributed by atoms with E-state index in [1.807, 2.05) is 20.8 Å². The maximum absolute atomic E-state index is 12.0. The first kappa shape index (κ1) is 13.9. The minimum absolute atomic E-state index is 0.0857. The zero-order valence-corrected chi connectivity index (χ0v) is 12.5. The van der Waals surface area contributed by atoms with Crippen molar-refractivity contribution in [3.05, 3.63) is 0 Å². The summed E-state index contributed by atoms with van der Waals surface area (Å²) in [4.78, 5) is 12.0. The summed E-state index contributed by atoms with van der Waals surface area (Å²) in [6.07, 6.45) is 3.01. The Labute approximate surface area is 110 Å². The number of hydrogen-bond acceptors (Lipinski definition) is 3. The molecule has 0 amide bonds. The summed E-state index contributed by atoms with van der Waals surface area (Å²) in [5.74, 6) is 0.375. The quantitative estimate of drug-likeness (QED) is 0.673. The molecule has 1 aliphatic carbocycles. The molecule has 3 nitrogen and oxygen atoms in total. The average Bonchev–Trinajstić information content (AvgIpc) is 2.16. The molecule has 0 aromatic rings. The van der Waals surface area contributed by atoms with Gasteiger partial charge in [-0.3, -0.25) is 4.79 Å². The van der Waals surface area contributed by atoms with Gasteiger partial charge in [-0.05, 0) is 66.7 Å². The maximum Gasteiger partial charge on any atom is 0.311 e. The Morgan fingerprint density at radius 2 is 1.89 bits per heavy atom. The van der Waals surface area contributed by atoms with Crippen molar-refractivity contribution in [3.8, 4) is 0 Å². The first-order chi connectivity index (χ1) is 8.05. The van der Waals surface area contributed by atoms with E-state index in [1.165, 1.54) is 6.42 Å². The van der Waals surface area contributed by atoms with Gasteiger partial charge >= 0.3 is 5.97 Å². The predicted molar refractivity (Wildman–Crippen MR) is 70.2 cm³/mol. The van der Waals surface area contributed by atoms with Crippen LogP contribution in [-0.4, -0.2) is 23.3 Å². The minimum atomic E-state index is -0.442. The molecule has 0 spiro atoms. The first-order valence-corrected chi connectivity index (χ1v) is 6.96. The second kappa shape index (κ2) is 3.96. The third-order valence-corrected chi connectivity index (χ3v) is 4.51. The van der Waals surface area contributed by atoms with E-state index in [-0.39, 0.29) is 23.3 Å². The number of ether oxygens (including phenoxy) is 2. The summed E-state index contributed by atoms with van der Waals surface area (Å²) in [5.41, 5.74) is -0.834. The van der Waals surface area contributed by atoms with Crippen LogP contribution in [0.5, 0.6) is 0 Å². The fraction of sp³-hybridized carbons (Fsp3) is 0.933. The third-order valence-electron chi connectivity index (χ3n) is 4.51. The second-order valence-corrected chi connectivity index (χ2v) is 7.63. The Balaban J connectivity index is 2.11. The smallest absolute Gasteiger partial charge is 0.311 e. The van der Waals surface area contributed by atoms with Crippen molar-refractivity contribution in [1.82, 2.24) is 0 Å². The van der Waals surface area contributed by atoms with Crippen molar-refractivity contribution in [1.29, 1.82) is 0 Å². The highest BCUT2D eigenvalue weighted by molar-refractivity contribution is 5.75. The molecular weight excluding hydrogens is 228 g/mol. The molecule has 3 heteroatoms. The lowest BCUT2D eigenvalue weighted by Gasteiger charge is -2.57. The molecule has 1 saturated carbocycles. The standard InChI is InChI=1S/C15H26O3/c1-13(2,3)12(16)17-11-9-10-7-8-15(11,6)18-14(10,4)5/h10-11H,7-9H2,1-6H3/t10?,11-,15-/m1/s1. The largest absolute Gasteiger partial charge is 0.459 e. The zero-order chi connectivity index (χ0) is 13.8. The topological polar surface area (TPSA) is 35.5 Å². The van der Waals surface area contributed by atoms with Crippen LogP contribution in [0, 0.1) is 11.3 Å². The zero-order valence-electron chi connectivity index (χ0n) is 12.5. The van der Waals surface area contributed by atoms with Gasteiger partial charge in [-0.1, -0.05) is 0 Å². The molecule has 3 fully saturated rings. The minimum Gasteiger partial charge on any atom is -0.459 e. The molecule has 0 aromatic heterocycles. The summed E-state index contributed by atoms with van der Waals surface area (Å²) in [6.45, 7) is 12.1. The van der Waals surface area contributed by atoms with Crippen LogP contribution in [0.4, 0.5) is 0 Å². The first-order valence-electron chi connectivity index (χ1n) is 6.96. The fourth-order valence-corrected chi connectivity index (χ4v) is 3.16. The van der Waals surface area contributed by atoms with E-state index in [0.29, 0.717) is 5.92 Å². The Kier molecular flexibility index (Phi) is 3.05. The average molecular weight is 254 g/mol. The van der Waals surface area contributed by atoms with E-state index in [9.17, 15) is 4.79 Å². The van der Waals surface area contributed by atoms with Crippen LogP contribution in [0.3, 0.4) is 0 Å². The monoisotopic (exact) mass is 254 g/mol. The SMILES string of the molecule is CC(C)(C)C(=O)O[C@@H]1CC2CC[C@@]1(C)OC2(C)C. The Hall–Kier alpha value is -0.570. The lowest BCUT2D eigenvalue weighted by Crippen LogP contribution is -2.62. The molecule has 0 N–H and O–H groups in total. The second-order valence-electron chi connectivity index (χ2n) is 7.63. The molecule has 0 radical (unpaired) electrons. The summed E-state index contributed by atoms with van der Waals surface area (Å²) in [6, 6.07) is 0. The van der Waals surface area contributed by atoms with Crippen molar-refractivity contribution < 1.29 is 14.3 Å². The summed E-state index contributed by atoms with van der Waals surface area (Å²) >= 11 is 0. The van der Waals surface area contributed by atoms with Crippen LogP contribution in [0.15, 0.2) is 0 Å². The van der Waals surface area contributed by atoms with Gasteiger partial charge in [-0.2, -0.15) is 0 Å². The van der Waals surface area contributed by atoms with E-state index in [2.05, 4.69) is 20.8 Å². The molecule has 18 heavy (non-hydrogen) atoms. The van der Waals surface area contributed by atoms with Gasteiger partial charge in [0.2, 0.25) is 0 Å². The molecule has 104 valence electrons. The molecule has 3 rings (SSSR count). The van der Waals surface area contributed by atoms with E-state index >= 15 is 0 Å². The van der Waals surface area contributed by atoms with Crippen LogP contribution >= 0.6 is 0 Å². The van der Waals surface area contributed by atoms with Crippen LogP contribution in [0.1, 0.15) is 60.8 Å². The van der Waals surface area contributed by atoms with Crippen molar-refractivity contribution >= 4 is 5.97 Å². The van der Waals surface area contributed by atoms with Crippen LogP contribution < -0.4 is 0 Å². The molecule has 1 unspecified atom stereocenters. The van der Waals surface area contributed by atoms with E-state index in [0.717, 1.165) is 12.8 Å². The number of carbonyl (C=O) groups excluding carboxylic acids is 1. The van der Waals surface area contributed by atoms with Gasteiger partial charge in [0.1, 0.15) is 11.7 Å². The number of carbonyl (C=O) groups is 1. The summed E-state index contributed by atoms with van der Waals surface area (Å²) < 4.78 is 11.9. The normalized spacial score (nSPS) is 38.6. The molecule has 2 bridgehead atoms. The fourth-order valence-electron chi connectivity index (χ4n) is 3.16. The molecule has 3 atom stereocenters. The van der Waals surface area contributed by atoms with E-state index in [1.54, 1.807) is 0 Å². The van der Waals surface area contributed by atoms with Gasteiger partial charge in [-0.25, -0.2) is 0 Å². The molecule has 0 aromatic carbocycles. The van der Waals surface area contributed by atoms with Crippen molar-refractivity contribution in [3.63, 3.8) is 0 Å². The summed E-state index contributed by atoms with van der Waals surface area (Å²) in [5, 5.41) is 0. The highest BCUT2D eigenvalue weighted by Gasteiger charge is 2.55. The predicted octanol–water partition coefficient (Wildman–Crippen LogP) is 3.31. The third kappa shape index (κ3) is 2.29. The molecular formula is C15H26O3. The molecule has 2 aliphatic heterocycles. The van der Waals surface area contributed by atoms with Gasteiger partial charge in [0, 0.05) is 0 Å². The Morgan fingerprint density at radius 3 is 2.33 bits per heavy atom. The lowest BCUT2D eigenvalue weighted by atomic mass is 9.67. The van der Waals surface area contributed by atoms with Crippen molar-refractivity contribution in [2.45, 2.75) is 78.1 Å². The number of fused-ring (bicyclic) bond motifs is 3. The van der Waals surface area contributed by atoms with Crippen LogP contribution in [0.25, 0.3) is 0 Å². The van der Waals surface area contributed by atoms with Crippen LogP contribution in [-0.2, 0) is 14.3 Å². The highest BCUT2D eigenvalue weighted by atomic mass is 16.6. The molecule has 2 heterocycles. The molecule has 3 aliphatic rings. The Bertz CT molecular complexity index is 353. The van der Waals surface area contributed by atoms with Gasteiger partial charge in [0.15, 0.2) is 0 Å². The van der Waals surface area contributed by atoms with Gasteiger partial charge in [0.05, 0.1) is 11.0 Å². The highest BCUT2D eigenvalue weighted by Crippen LogP contribution is 2.50. The lowest BCUT2D eigenvalue weighted by molar-refractivity contribution is -0.279. The van der Waals surface area contributed by atoms with Gasteiger partial charge in [0.25, 0.3) is 0 Å². The van der Waals surface area contributed by atoms with E-state index in [4.69, 9.17) is 9.47 Å². The summed E-state index contributed by atoms with van der Waals surface area (Å²) in [7, 11) is 0. The number of esters is 1. The van der Waals surface area contributed by atoms with E-state index < -0.39 is 5.41 Å². The number of rotatable bonds is 1. The number of hydrogen-bond donors (Lipinski definition) is 0. The molecule has 2 saturated heterocycles. The maximum atomic E-state index is 12.0.